The van der Waals surface area contributed by atoms with Gasteiger partial charge >= 0.3 is 0 Å². The Hall–Kier alpha value is -0.520. The highest BCUT2D eigenvalue weighted by atomic mass is 35.5. The summed E-state index contributed by atoms with van der Waals surface area (Å²) in [7, 11) is 0. The Morgan fingerprint density at radius 3 is 2.60 bits per heavy atom. The normalized spacial score (nSPS) is 19.9. The number of rotatable bonds is 3. The van der Waals surface area contributed by atoms with Gasteiger partial charge in [-0.25, -0.2) is 0 Å². The molecule has 110 valence electrons. The summed E-state index contributed by atoms with van der Waals surface area (Å²) in [5, 5.41) is 3.80. The Balaban J connectivity index is 1.98. The molecule has 3 N–H and O–H groups in total. The van der Waals surface area contributed by atoms with Crippen LogP contribution >= 0.6 is 34.8 Å². The summed E-state index contributed by atoms with van der Waals surface area (Å²) in [4.78, 5) is 14.1. The second-order valence-electron chi connectivity index (χ2n) is 4.93. The summed E-state index contributed by atoms with van der Waals surface area (Å²) in [5.74, 6) is -0.162. The molecule has 1 aromatic carbocycles. The molecule has 2 rings (SSSR count). The Labute approximate surface area is 133 Å². The van der Waals surface area contributed by atoms with Crippen LogP contribution in [0.4, 0.5) is 5.69 Å². The summed E-state index contributed by atoms with van der Waals surface area (Å²) in [6, 6.07) is 3.22. The minimum Gasteiger partial charge on any atom is -0.327 e. The van der Waals surface area contributed by atoms with Gasteiger partial charge in [0.25, 0.3) is 0 Å². The summed E-state index contributed by atoms with van der Waals surface area (Å²) in [5.41, 5.74) is 6.28. The lowest BCUT2D eigenvalue weighted by atomic mass is 10.1. The summed E-state index contributed by atoms with van der Waals surface area (Å²) < 4.78 is 0. The van der Waals surface area contributed by atoms with E-state index in [0.717, 1.165) is 25.9 Å². The van der Waals surface area contributed by atoms with E-state index in [9.17, 15) is 4.79 Å². The molecule has 0 spiro atoms. The number of nitrogens with two attached hydrogens (primary N) is 1. The third kappa shape index (κ3) is 4.24. The number of carbonyl (C=O) groups is 1. The van der Waals surface area contributed by atoms with Crippen molar-refractivity contribution in [3.63, 3.8) is 0 Å². The molecule has 1 fully saturated rings. The van der Waals surface area contributed by atoms with Gasteiger partial charge in [0, 0.05) is 17.6 Å². The summed E-state index contributed by atoms with van der Waals surface area (Å²) in [6.45, 7) is 1.89. The topological polar surface area (TPSA) is 58.4 Å². The van der Waals surface area contributed by atoms with Gasteiger partial charge in [0.15, 0.2) is 0 Å². The molecule has 1 aliphatic rings. The van der Waals surface area contributed by atoms with E-state index in [-0.39, 0.29) is 18.5 Å². The molecular formula is C13H16Cl3N3O. The standard InChI is InChI=1S/C13H16Cl3N3O/c14-8-4-10(15)13(11(16)5-8)18-12(20)7-19-3-1-2-9(17)6-19/h4-5,9H,1-3,6-7,17H2,(H,18,20). The lowest BCUT2D eigenvalue weighted by Crippen LogP contribution is -2.45. The molecule has 4 nitrogen and oxygen atoms in total. The van der Waals surface area contributed by atoms with Gasteiger partial charge in [-0.05, 0) is 31.5 Å². The number of likely N-dealkylation sites (tertiary alicyclic amines) is 1. The van der Waals surface area contributed by atoms with E-state index >= 15 is 0 Å². The first kappa shape index (κ1) is 15.9. The molecule has 1 aliphatic heterocycles. The third-order valence-corrected chi connectivity index (χ3v) is 3.99. The highest BCUT2D eigenvalue weighted by Gasteiger charge is 2.19. The number of hydrogen-bond acceptors (Lipinski definition) is 3. The number of amides is 1. The van der Waals surface area contributed by atoms with Crippen LogP contribution in [0.25, 0.3) is 0 Å². The smallest absolute Gasteiger partial charge is 0.238 e. The lowest BCUT2D eigenvalue weighted by molar-refractivity contribution is -0.117. The summed E-state index contributed by atoms with van der Waals surface area (Å²) in [6.07, 6.45) is 2.02. The Kier molecular flexibility index (Phi) is 5.52. The molecule has 0 aliphatic carbocycles. The number of nitrogens with one attached hydrogen (secondary N) is 1. The molecule has 1 heterocycles. The van der Waals surface area contributed by atoms with Gasteiger partial charge in [0.2, 0.25) is 5.91 Å². The Morgan fingerprint density at radius 1 is 1.35 bits per heavy atom. The minimum atomic E-state index is -0.162. The number of halogens is 3. The molecular weight excluding hydrogens is 321 g/mol. The quantitative estimate of drug-likeness (QED) is 0.892. The second kappa shape index (κ2) is 6.96. The van der Waals surface area contributed by atoms with Crippen molar-refractivity contribution in [1.82, 2.24) is 4.90 Å². The van der Waals surface area contributed by atoms with Crippen LogP contribution in [0, 0.1) is 0 Å². The van der Waals surface area contributed by atoms with Crippen LogP contribution in [-0.4, -0.2) is 36.5 Å². The van der Waals surface area contributed by atoms with E-state index in [1.165, 1.54) is 0 Å². The number of hydrogen-bond donors (Lipinski definition) is 2. The monoisotopic (exact) mass is 335 g/mol. The average Bonchev–Trinajstić information content (AvgIpc) is 2.33. The molecule has 0 bridgehead atoms. The van der Waals surface area contributed by atoms with Crippen molar-refractivity contribution >= 4 is 46.4 Å². The molecule has 20 heavy (non-hydrogen) atoms. The van der Waals surface area contributed by atoms with Crippen molar-refractivity contribution < 1.29 is 4.79 Å². The first-order valence-corrected chi connectivity index (χ1v) is 7.51. The van der Waals surface area contributed by atoms with Gasteiger partial charge < -0.3 is 11.1 Å². The van der Waals surface area contributed by atoms with Crippen LogP contribution in [0.3, 0.4) is 0 Å². The molecule has 1 amide bonds. The zero-order chi connectivity index (χ0) is 14.7. The van der Waals surface area contributed by atoms with Crippen LogP contribution in [0.2, 0.25) is 15.1 Å². The van der Waals surface area contributed by atoms with Gasteiger partial charge in [-0.1, -0.05) is 34.8 Å². The average molecular weight is 337 g/mol. The van der Waals surface area contributed by atoms with Crippen molar-refractivity contribution in [2.75, 3.05) is 25.0 Å². The number of nitrogens with zero attached hydrogens (tertiary/aromatic N) is 1. The van der Waals surface area contributed by atoms with E-state index < -0.39 is 0 Å². The molecule has 7 heteroatoms. The fourth-order valence-electron chi connectivity index (χ4n) is 2.28. The molecule has 0 saturated carbocycles. The molecule has 1 atom stereocenters. The first-order chi connectivity index (χ1) is 9.45. The van der Waals surface area contributed by atoms with Crippen LogP contribution in [0.5, 0.6) is 0 Å². The van der Waals surface area contributed by atoms with E-state index in [4.69, 9.17) is 40.5 Å². The molecule has 0 aromatic heterocycles. The van der Waals surface area contributed by atoms with Crippen molar-refractivity contribution in [1.29, 1.82) is 0 Å². The highest BCUT2D eigenvalue weighted by Crippen LogP contribution is 2.33. The Morgan fingerprint density at radius 2 is 2.00 bits per heavy atom. The van der Waals surface area contributed by atoms with Gasteiger partial charge in [-0.15, -0.1) is 0 Å². The zero-order valence-corrected chi connectivity index (χ0v) is 13.1. The van der Waals surface area contributed by atoms with Crippen LogP contribution in [0.15, 0.2) is 12.1 Å². The van der Waals surface area contributed by atoms with Gasteiger partial charge in [0.05, 0.1) is 22.3 Å². The highest BCUT2D eigenvalue weighted by molar-refractivity contribution is 6.42. The minimum absolute atomic E-state index is 0.138. The van der Waals surface area contributed by atoms with Crippen molar-refractivity contribution in [2.45, 2.75) is 18.9 Å². The number of carbonyl (C=O) groups excluding carboxylic acids is 1. The van der Waals surface area contributed by atoms with Gasteiger partial charge in [-0.3, -0.25) is 9.69 Å². The predicted molar refractivity (Wildman–Crippen MR) is 83.8 cm³/mol. The maximum absolute atomic E-state index is 12.0. The molecule has 1 unspecified atom stereocenters. The van der Waals surface area contributed by atoms with Gasteiger partial charge in [0.1, 0.15) is 0 Å². The molecule has 0 radical (unpaired) electrons. The zero-order valence-electron chi connectivity index (χ0n) is 10.8. The van der Waals surface area contributed by atoms with E-state index in [1.54, 1.807) is 12.1 Å². The fourth-order valence-corrected chi connectivity index (χ4v) is 3.19. The maximum atomic E-state index is 12.0. The number of anilines is 1. The molecule has 1 aromatic rings. The maximum Gasteiger partial charge on any atom is 0.238 e. The fraction of sp³-hybridized carbons (Fsp3) is 0.462. The first-order valence-electron chi connectivity index (χ1n) is 6.38. The van der Waals surface area contributed by atoms with Crippen molar-refractivity contribution in [2.24, 2.45) is 5.73 Å². The summed E-state index contributed by atoms with van der Waals surface area (Å²) >= 11 is 17.9. The molecule has 1 saturated heterocycles. The predicted octanol–water partition coefficient (Wildman–Crippen LogP) is 3.01. The second-order valence-corrected chi connectivity index (χ2v) is 6.18. The number of benzene rings is 1. The Bertz CT molecular complexity index is 487. The van der Waals surface area contributed by atoms with Crippen LogP contribution in [-0.2, 0) is 4.79 Å². The third-order valence-electron chi connectivity index (χ3n) is 3.18. The van der Waals surface area contributed by atoms with E-state index in [0.29, 0.717) is 20.8 Å². The SMILES string of the molecule is NC1CCCN(CC(=O)Nc2c(Cl)cc(Cl)cc2Cl)C1. The number of piperidine rings is 1. The van der Waals surface area contributed by atoms with Crippen LogP contribution < -0.4 is 11.1 Å². The van der Waals surface area contributed by atoms with Crippen LogP contribution in [0.1, 0.15) is 12.8 Å². The van der Waals surface area contributed by atoms with Gasteiger partial charge in [-0.2, -0.15) is 0 Å². The lowest BCUT2D eigenvalue weighted by Gasteiger charge is -2.30. The van der Waals surface area contributed by atoms with Crippen molar-refractivity contribution in [3.05, 3.63) is 27.2 Å². The van der Waals surface area contributed by atoms with Crippen molar-refractivity contribution in [3.8, 4) is 0 Å². The largest absolute Gasteiger partial charge is 0.327 e. The van der Waals surface area contributed by atoms with E-state index in [2.05, 4.69) is 5.32 Å². The van der Waals surface area contributed by atoms with E-state index in [1.807, 2.05) is 4.90 Å².